The van der Waals surface area contributed by atoms with Crippen molar-refractivity contribution in [1.29, 1.82) is 0 Å². The maximum atomic E-state index is 12.6. The van der Waals surface area contributed by atoms with E-state index in [-0.39, 0.29) is 6.42 Å². The second-order valence-electron chi connectivity index (χ2n) is 7.15. The van der Waals surface area contributed by atoms with Gasteiger partial charge in [-0.3, -0.25) is 9.59 Å². The van der Waals surface area contributed by atoms with Crippen molar-refractivity contribution in [3.8, 4) is 5.75 Å². The van der Waals surface area contributed by atoms with E-state index in [4.69, 9.17) is 9.84 Å². The number of nitrogens with one attached hydrogen (secondary N) is 2. The van der Waals surface area contributed by atoms with Crippen molar-refractivity contribution in [3.05, 3.63) is 65.7 Å². The molecule has 0 saturated heterocycles. The zero-order valence-electron chi connectivity index (χ0n) is 17.4. The fourth-order valence-electron chi connectivity index (χ4n) is 3.12. The maximum absolute atomic E-state index is 12.6. The number of amides is 1. The second kappa shape index (κ2) is 12.3. The third-order valence-electron chi connectivity index (χ3n) is 4.78. The lowest BCUT2D eigenvalue weighted by atomic mass is 10.0. The van der Waals surface area contributed by atoms with Crippen LogP contribution in [-0.2, 0) is 27.2 Å². The molecule has 2 aromatic carbocycles. The first-order valence-corrected chi connectivity index (χ1v) is 10.0. The second-order valence-corrected chi connectivity index (χ2v) is 7.15. The molecule has 2 atom stereocenters. The van der Waals surface area contributed by atoms with Gasteiger partial charge in [0.15, 0.2) is 0 Å². The van der Waals surface area contributed by atoms with Gasteiger partial charge in [-0.1, -0.05) is 42.5 Å². The van der Waals surface area contributed by atoms with Gasteiger partial charge in [0.1, 0.15) is 11.8 Å². The fraction of sp³-hybridized carbons (Fsp3) is 0.348. The molecule has 1 amide bonds. The predicted octanol–water partition coefficient (Wildman–Crippen LogP) is 1.87. The zero-order valence-corrected chi connectivity index (χ0v) is 17.4. The number of hydrogen-bond donors (Lipinski definition) is 4. The van der Waals surface area contributed by atoms with Crippen LogP contribution in [0.5, 0.6) is 5.75 Å². The van der Waals surface area contributed by atoms with Gasteiger partial charge < -0.3 is 25.6 Å². The molecule has 0 aliphatic rings. The van der Waals surface area contributed by atoms with Crippen LogP contribution in [0.2, 0.25) is 0 Å². The molecule has 0 aliphatic heterocycles. The summed E-state index contributed by atoms with van der Waals surface area (Å²) in [6.07, 6.45) is 1.09. The number of rotatable bonds is 13. The van der Waals surface area contributed by atoms with E-state index in [1.807, 2.05) is 30.3 Å². The van der Waals surface area contributed by atoms with E-state index in [1.165, 1.54) is 0 Å². The van der Waals surface area contributed by atoms with E-state index in [2.05, 4.69) is 10.6 Å². The molecule has 4 N–H and O–H groups in total. The number of carboxylic acids is 2. The summed E-state index contributed by atoms with van der Waals surface area (Å²) in [6, 6.07) is 14.4. The molecule has 2 aromatic rings. The summed E-state index contributed by atoms with van der Waals surface area (Å²) in [4.78, 5) is 35.4. The number of aryl methyl sites for hydroxylation is 1. The van der Waals surface area contributed by atoms with Gasteiger partial charge in [0.2, 0.25) is 5.91 Å². The summed E-state index contributed by atoms with van der Waals surface area (Å²) >= 11 is 0. The van der Waals surface area contributed by atoms with Crippen molar-refractivity contribution >= 4 is 17.8 Å². The van der Waals surface area contributed by atoms with Gasteiger partial charge in [0, 0.05) is 6.42 Å². The van der Waals surface area contributed by atoms with E-state index < -0.39 is 36.4 Å². The average Bonchev–Trinajstić information content (AvgIpc) is 2.76. The predicted molar refractivity (Wildman–Crippen MR) is 115 cm³/mol. The number of hydrogen-bond acceptors (Lipinski definition) is 5. The van der Waals surface area contributed by atoms with Crippen molar-refractivity contribution in [1.82, 2.24) is 10.6 Å². The fourth-order valence-corrected chi connectivity index (χ4v) is 3.12. The quantitative estimate of drug-likeness (QED) is 0.359. The minimum atomic E-state index is -1.18. The lowest BCUT2D eigenvalue weighted by molar-refractivity contribution is -0.143. The maximum Gasteiger partial charge on any atom is 0.326 e. The first-order valence-electron chi connectivity index (χ1n) is 10.0. The third kappa shape index (κ3) is 8.47. The van der Waals surface area contributed by atoms with Gasteiger partial charge in [-0.2, -0.15) is 0 Å². The smallest absolute Gasteiger partial charge is 0.326 e. The van der Waals surface area contributed by atoms with Gasteiger partial charge in [-0.15, -0.1) is 0 Å². The van der Waals surface area contributed by atoms with Crippen LogP contribution in [0.15, 0.2) is 54.6 Å². The Morgan fingerprint density at radius 1 is 0.935 bits per heavy atom. The van der Waals surface area contributed by atoms with Crippen LogP contribution < -0.4 is 15.4 Å². The van der Waals surface area contributed by atoms with Crippen molar-refractivity contribution in [2.45, 2.75) is 37.8 Å². The molecule has 2 rings (SSSR count). The van der Waals surface area contributed by atoms with Gasteiger partial charge in [0.25, 0.3) is 0 Å². The van der Waals surface area contributed by atoms with Crippen LogP contribution >= 0.6 is 0 Å². The normalized spacial score (nSPS) is 12.5. The molecule has 31 heavy (non-hydrogen) atoms. The van der Waals surface area contributed by atoms with Crippen LogP contribution in [0.1, 0.15) is 24.0 Å². The molecule has 0 bridgehead atoms. The van der Waals surface area contributed by atoms with Crippen LogP contribution in [0, 0.1) is 0 Å². The Balaban J connectivity index is 1.90. The highest BCUT2D eigenvalue weighted by Gasteiger charge is 2.26. The lowest BCUT2D eigenvalue weighted by Gasteiger charge is -2.20. The molecular weight excluding hydrogens is 400 g/mol. The molecular formula is C23H28N2O6. The van der Waals surface area contributed by atoms with Crippen molar-refractivity contribution < 1.29 is 29.3 Å². The summed E-state index contributed by atoms with van der Waals surface area (Å²) < 4.78 is 5.12. The molecule has 8 nitrogen and oxygen atoms in total. The van der Waals surface area contributed by atoms with Crippen LogP contribution in [0.4, 0.5) is 0 Å². The number of carbonyl (C=O) groups excluding carboxylic acids is 1. The number of ether oxygens (including phenoxy) is 1. The average molecular weight is 428 g/mol. The Bertz CT molecular complexity index is 854. The number of benzene rings is 2. The number of carbonyl (C=O) groups is 3. The van der Waals surface area contributed by atoms with Crippen LogP contribution in [0.25, 0.3) is 0 Å². The highest BCUT2D eigenvalue weighted by atomic mass is 16.5. The van der Waals surface area contributed by atoms with Crippen molar-refractivity contribution in [3.63, 3.8) is 0 Å². The molecule has 0 aromatic heterocycles. The van der Waals surface area contributed by atoms with E-state index in [9.17, 15) is 19.5 Å². The largest absolute Gasteiger partial charge is 0.497 e. The number of carboxylic acid groups (broad SMARTS) is 2. The highest BCUT2D eigenvalue weighted by molar-refractivity contribution is 5.89. The topological polar surface area (TPSA) is 125 Å². The van der Waals surface area contributed by atoms with E-state index in [0.717, 1.165) is 23.3 Å². The van der Waals surface area contributed by atoms with Crippen molar-refractivity contribution in [2.75, 3.05) is 13.7 Å². The molecule has 8 heteroatoms. The van der Waals surface area contributed by atoms with Crippen molar-refractivity contribution in [2.24, 2.45) is 0 Å². The molecule has 0 saturated carbocycles. The van der Waals surface area contributed by atoms with Gasteiger partial charge in [-0.05, 0) is 42.6 Å². The minimum Gasteiger partial charge on any atom is -0.497 e. The summed E-state index contributed by atoms with van der Waals surface area (Å²) in [5.74, 6) is -2.19. The number of methoxy groups -OCH3 is 1. The molecule has 0 radical (unpaired) electrons. The standard InChI is InChI=1S/C23H28N2O6/c1-31-18-11-9-16(10-12-18)8-5-13-24-19(15-21(26)27)22(28)25-20(23(29)30)14-17-6-3-2-4-7-17/h2-4,6-7,9-12,19-20,24H,5,8,13-15H2,1H3,(H,25,28)(H,26,27)(H,29,30)/t19-,20-/m0/s1. The SMILES string of the molecule is COc1ccc(CCCN[C@@H](CC(=O)O)C(=O)N[C@@H](Cc2ccccc2)C(=O)O)cc1. The zero-order chi connectivity index (χ0) is 22.6. The molecule has 0 fully saturated rings. The first kappa shape index (κ1) is 23.9. The number of aliphatic carboxylic acids is 2. The summed E-state index contributed by atoms with van der Waals surface area (Å²) in [6.45, 7) is 0.411. The Kier molecular flexibility index (Phi) is 9.51. The van der Waals surface area contributed by atoms with Gasteiger partial charge in [0.05, 0.1) is 19.6 Å². The minimum absolute atomic E-state index is 0.110. The van der Waals surface area contributed by atoms with Crippen LogP contribution in [-0.4, -0.2) is 53.8 Å². The Hall–Kier alpha value is -3.39. The Morgan fingerprint density at radius 3 is 2.19 bits per heavy atom. The van der Waals surface area contributed by atoms with E-state index in [1.54, 1.807) is 31.4 Å². The van der Waals surface area contributed by atoms with Gasteiger partial charge in [-0.25, -0.2) is 4.79 Å². The molecule has 0 spiro atoms. The summed E-state index contributed by atoms with van der Waals surface area (Å²) in [5, 5.41) is 24.0. The third-order valence-corrected chi connectivity index (χ3v) is 4.78. The molecule has 0 heterocycles. The molecule has 166 valence electrons. The van der Waals surface area contributed by atoms with Gasteiger partial charge >= 0.3 is 11.9 Å². The Labute approximate surface area is 181 Å². The highest BCUT2D eigenvalue weighted by Crippen LogP contribution is 2.12. The Morgan fingerprint density at radius 2 is 1.61 bits per heavy atom. The monoisotopic (exact) mass is 428 g/mol. The first-order chi connectivity index (χ1) is 14.9. The van der Waals surface area contributed by atoms with Crippen LogP contribution in [0.3, 0.4) is 0 Å². The van der Waals surface area contributed by atoms with E-state index >= 15 is 0 Å². The summed E-state index contributed by atoms with van der Waals surface area (Å²) in [7, 11) is 1.60. The lowest BCUT2D eigenvalue weighted by Crippen LogP contribution is -2.51. The van der Waals surface area contributed by atoms with E-state index in [0.29, 0.717) is 13.0 Å². The summed E-state index contributed by atoms with van der Waals surface area (Å²) in [5.41, 5.74) is 1.85. The molecule has 0 unspecified atom stereocenters. The molecule has 0 aliphatic carbocycles.